The Labute approximate surface area is 129 Å². The zero-order valence-electron chi connectivity index (χ0n) is 12.4. The molecular weight excluding hydrogens is 314 g/mol. The number of aromatic nitrogens is 2. The van der Waals surface area contributed by atoms with Crippen LogP contribution < -0.4 is 5.32 Å². The summed E-state index contributed by atoms with van der Waals surface area (Å²) >= 11 is 3.61. The Morgan fingerprint density at radius 3 is 2.50 bits per heavy atom. The number of nitrogens with one attached hydrogen (secondary N) is 1. The van der Waals surface area contributed by atoms with Crippen molar-refractivity contribution in [2.24, 2.45) is 0 Å². The number of nitrogens with zero attached hydrogens (tertiary/aromatic N) is 2. The van der Waals surface area contributed by atoms with E-state index >= 15 is 0 Å². The number of anilines is 1. The maximum absolute atomic E-state index is 4.71. The van der Waals surface area contributed by atoms with Crippen LogP contribution in [0.3, 0.4) is 0 Å². The van der Waals surface area contributed by atoms with Crippen molar-refractivity contribution in [1.82, 2.24) is 9.97 Å². The summed E-state index contributed by atoms with van der Waals surface area (Å²) in [7, 11) is 0. The standard InChI is InChI=1S/C16H20BrN3/c1-5-14-11(4)15(18-6-2)20-16(19-14)12-8-7-10(3)9-13(12)17/h7-9H,5-6H2,1-4H3,(H,18,19,20). The van der Waals surface area contributed by atoms with E-state index in [0.717, 1.165) is 45.9 Å². The highest BCUT2D eigenvalue weighted by Crippen LogP contribution is 2.29. The van der Waals surface area contributed by atoms with Gasteiger partial charge in [0.1, 0.15) is 5.82 Å². The molecule has 0 amide bonds. The van der Waals surface area contributed by atoms with Crippen LogP contribution in [0.2, 0.25) is 0 Å². The molecule has 2 aromatic rings. The van der Waals surface area contributed by atoms with Gasteiger partial charge in [-0.1, -0.05) is 28.9 Å². The topological polar surface area (TPSA) is 37.8 Å². The van der Waals surface area contributed by atoms with E-state index in [9.17, 15) is 0 Å². The first-order valence-electron chi connectivity index (χ1n) is 6.94. The van der Waals surface area contributed by atoms with Crippen LogP contribution in [0.25, 0.3) is 11.4 Å². The summed E-state index contributed by atoms with van der Waals surface area (Å²) in [6.45, 7) is 9.21. The van der Waals surface area contributed by atoms with Gasteiger partial charge in [0, 0.05) is 27.8 Å². The van der Waals surface area contributed by atoms with Crippen LogP contribution in [0.15, 0.2) is 22.7 Å². The lowest BCUT2D eigenvalue weighted by molar-refractivity contribution is 0.970. The van der Waals surface area contributed by atoms with Gasteiger partial charge in [-0.3, -0.25) is 0 Å². The maximum atomic E-state index is 4.71. The SMILES string of the molecule is CCNc1nc(-c2ccc(C)cc2Br)nc(CC)c1C. The molecule has 0 radical (unpaired) electrons. The molecule has 1 aromatic heterocycles. The van der Waals surface area contributed by atoms with Crippen molar-refractivity contribution in [1.29, 1.82) is 0 Å². The minimum absolute atomic E-state index is 0.773. The van der Waals surface area contributed by atoms with Crippen LogP contribution in [-0.2, 0) is 6.42 Å². The molecule has 0 fully saturated rings. The first kappa shape index (κ1) is 15.0. The van der Waals surface area contributed by atoms with E-state index in [1.165, 1.54) is 5.56 Å². The summed E-state index contributed by atoms with van der Waals surface area (Å²) in [6, 6.07) is 6.25. The molecule has 1 aromatic carbocycles. The van der Waals surface area contributed by atoms with Gasteiger partial charge in [0.25, 0.3) is 0 Å². The van der Waals surface area contributed by atoms with Crippen LogP contribution in [-0.4, -0.2) is 16.5 Å². The summed E-state index contributed by atoms with van der Waals surface area (Å²) in [6.07, 6.45) is 0.906. The van der Waals surface area contributed by atoms with E-state index in [2.05, 4.69) is 72.1 Å². The van der Waals surface area contributed by atoms with Crippen molar-refractivity contribution in [2.75, 3.05) is 11.9 Å². The van der Waals surface area contributed by atoms with Gasteiger partial charge in [0.15, 0.2) is 5.82 Å². The number of rotatable bonds is 4. The fourth-order valence-corrected chi connectivity index (χ4v) is 2.84. The minimum atomic E-state index is 0.773. The molecule has 0 aliphatic heterocycles. The average molecular weight is 334 g/mol. The molecule has 0 aliphatic carbocycles. The predicted octanol–water partition coefficient (Wildman–Crippen LogP) is 4.52. The van der Waals surface area contributed by atoms with E-state index in [1.807, 2.05) is 0 Å². The van der Waals surface area contributed by atoms with Crippen LogP contribution in [0.4, 0.5) is 5.82 Å². The lowest BCUT2D eigenvalue weighted by atomic mass is 10.1. The molecule has 1 heterocycles. The molecule has 0 bridgehead atoms. The first-order chi connectivity index (χ1) is 9.56. The Morgan fingerprint density at radius 2 is 1.90 bits per heavy atom. The summed E-state index contributed by atoms with van der Waals surface area (Å²) < 4.78 is 1.03. The molecule has 0 atom stereocenters. The molecule has 0 spiro atoms. The number of benzene rings is 1. The van der Waals surface area contributed by atoms with Crippen molar-refractivity contribution < 1.29 is 0 Å². The zero-order chi connectivity index (χ0) is 14.7. The van der Waals surface area contributed by atoms with Gasteiger partial charge in [-0.2, -0.15) is 0 Å². The number of hydrogen-bond donors (Lipinski definition) is 1. The number of hydrogen-bond acceptors (Lipinski definition) is 3. The van der Waals surface area contributed by atoms with E-state index in [0.29, 0.717) is 0 Å². The van der Waals surface area contributed by atoms with Crippen LogP contribution in [0.1, 0.15) is 30.7 Å². The number of halogens is 1. The molecule has 2 rings (SSSR count). The molecule has 3 nitrogen and oxygen atoms in total. The van der Waals surface area contributed by atoms with Gasteiger partial charge in [0.2, 0.25) is 0 Å². The molecule has 0 saturated carbocycles. The van der Waals surface area contributed by atoms with E-state index in [4.69, 9.17) is 4.98 Å². The molecule has 4 heteroatoms. The van der Waals surface area contributed by atoms with Gasteiger partial charge in [0.05, 0.1) is 0 Å². The Morgan fingerprint density at radius 1 is 1.15 bits per heavy atom. The van der Waals surface area contributed by atoms with E-state index < -0.39 is 0 Å². The highest BCUT2D eigenvalue weighted by Gasteiger charge is 2.12. The van der Waals surface area contributed by atoms with Crippen LogP contribution >= 0.6 is 15.9 Å². The van der Waals surface area contributed by atoms with Crippen molar-refractivity contribution in [3.05, 3.63) is 39.5 Å². The van der Waals surface area contributed by atoms with Gasteiger partial charge in [-0.15, -0.1) is 0 Å². The van der Waals surface area contributed by atoms with Gasteiger partial charge >= 0.3 is 0 Å². The second-order valence-corrected chi connectivity index (χ2v) is 5.69. The lowest BCUT2D eigenvalue weighted by Gasteiger charge is -2.13. The normalized spacial score (nSPS) is 10.7. The van der Waals surface area contributed by atoms with Gasteiger partial charge < -0.3 is 5.32 Å². The second-order valence-electron chi connectivity index (χ2n) is 4.83. The summed E-state index contributed by atoms with van der Waals surface area (Å²) in [5, 5.41) is 3.33. The summed E-state index contributed by atoms with van der Waals surface area (Å²) in [4.78, 5) is 9.39. The maximum Gasteiger partial charge on any atom is 0.162 e. The van der Waals surface area contributed by atoms with Gasteiger partial charge in [-0.05, 0) is 44.9 Å². The fourth-order valence-electron chi connectivity index (χ4n) is 2.17. The highest BCUT2D eigenvalue weighted by molar-refractivity contribution is 9.10. The minimum Gasteiger partial charge on any atom is -0.370 e. The predicted molar refractivity (Wildman–Crippen MR) is 88.2 cm³/mol. The summed E-state index contributed by atoms with van der Waals surface area (Å²) in [5.41, 5.74) is 4.49. The monoisotopic (exact) mass is 333 g/mol. The Bertz CT molecular complexity index is 623. The third-order valence-electron chi connectivity index (χ3n) is 3.29. The Balaban J connectivity index is 2.58. The highest BCUT2D eigenvalue weighted by atomic mass is 79.9. The van der Waals surface area contributed by atoms with E-state index in [-0.39, 0.29) is 0 Å². The molecule has 0 saturated heterocycles. The summed E-state index contributed by atoms with van der Waals surface area (Å²) in [5.74, 6) is 1.71. The van der Waals surface area contributed by atoms with Crippen molar-refractivity contribution in [3.63, 3.8) is 0 Å². The largest absolute Gasteiger partial charge is 0.370 e. The second kappa shape index (κ2) is 6.35. The fraction of sp³-hybridized carbons (Fsp3) is 0.375. The molecule has 1 N–H and O–H groups in total. The molecule has 20 heavy (non-hydrogen) atoms. The Kier molecular flexibility index (Phi) is 4.76. The van der Waals surface area contributed by atoms with Gasteiger partial charge in [-0.25, -0.2) is 9.97 Å². The third-order valence-corrected chi connectivity index (χ3v) is 3.95. The zero-order valence-corrected chi connectivity index (χ0v) is 14.0. The Hall–Kier alpha value is -1.42. The van der Waals surface area contributed by atoms with Crippen molar-refractivity contribution in [2.45, 2.75) is 34.1 Å². The smallest absolute Gasteiger partial charge is 0.162 e. The molecular formula is C16H20BrN3. The van der Waals surface area contributed by atoms with Crippen molar-refractivity contribution in [3.8, 4) is 11.4 Å². The molecule has 106 valence electrons. The van der Waals surface area contributed by atoms with E-state index in [1.54, 1.807) is 0 Å². The third kappa shape index (κ3) is 3.01. The molecule has 0 unspecified atom stereocenters. The first-order valence-corrected chi connectivity index (χ1v) is 7.74. The molecule has 0 aliphatic rings. The van der Waals surface area contributed by atoms with Crippen LogP contribution in [0, 0.1) is 13.8 Å². The number of aryl methyl sites for hydroxylation is 2. The average Bonchev–Trinajstić information content (AvgIpc) is 2.41. The van der Waals surface area contributed by atoms with Crippen LogP contribution in [0.5, 0.6) is 0 Å². The lowest BCUT2D eigenvalue weighted by Crippen LogP contribution is -2.07. The quantitative estimate of drug-likeness (QED) is 0.893. The van der Waals surface area contributed by atoms with Crippen molar-refractivity contribution >= 4 is 21.7 Å².